The van der Waals surface area contributed by atoms with Gasteiger partial charge in [-0.05, 0) is 60.7 Å². The quantitative estimate of drug-likeness (QED) is 0.0974. The lowest BCUT2D eigenvalue weighted by Crippen LogP contribution is -2.06. The molecule has 0 heterocycles. The van der Waals surface area contributed by atoms with Crippen LogP contribution in [-0.4, -0.2) is 10.5 Å². The summed E-state index contributed by atoms with van der Waals surface area (Å²) in [5.74, 6) is -2.40. The molecular weight excluding hydrogens is 577 g/mol. The second kappa shape index (κ2) is 9.17. The maximum atomic E-state index is 15.4. The number of hydrogen-bond donors (Lipinski definition) is 0. The average molecular weight is 583 g/mol. The van der Waals surface area contributed by atoms with Crippen LogP contribution in [0, 0.1) is 11.6 Å². The molecule has 0 fully saturated rings. The van der Waals surface area contributed by atoms with Gasteiger partial charge >= 0.3 is 5.51 Å². The van der Waals surface area contributed by atoms with Crippen LogP contribution in [0.25, 0.3) is 21.5 Å². The summed E-state index contributed by atoms with van der Waals surface area (Å²) in [5, 5.41) is -2.68. The standard InChI is InChI=1S/C16H6Cl5F5OS3/c17-15(18)27-9-5-8-10(12(23)7-4-2-1-3-6(7)11(8)22)14(29-30(19,20)21)13(9)28-16(24,25)26/h1-5,15H. The highest BCUT2D eigenvalue weighted by molar-refractivity contribution is 9.19. The molecule has 1 nitrogen and oxygen atoms in total. The van der Waals surface area contributed by atoms with Gasteiger partial charge in [0.2, 0.25) is 5.02 Å². The number of thioether (sulfide) groups is 1. The third-order valence-electron chi connectivity index (χ3n) is 3.67. The number of hydrogen-bond acceptors (Lipinski definition) is 3. The van der Waals surface area contributed by atoms with Crippen molar-refractivity contribution in [2.24, 2.45) is 0 Å². The number of fused-ring (bicyclic) bond motifs is 2. The number of benzene rings is 3. The summed E-state index contributed by atoms with van der Waals surface area (Å²) < 4.78 is 75.5. The van der Waals surface area contributed by atoms with Gasteiger partial charge in [0.25, 0.3) is 0 Å². The van der Waals surface area contributed by atoms with E-state index in [1.165, 1.54) is 24.3 Å². The number of ether oxygens (including phenoxy) is 1. The molecule has 0 aromatic heterocycles. The SMILES string of the molecule is Fc1c2ccccc2c(F)c2c(SS(Cl)(Cl)Cl)c(SC(F)(F)F)c(OC(Cl)Cl)cc12. The van der Waals surface area contributed by atoms with Crippen molar-refractivity contribution in [1.82, 2.24) is 0 Å². The molecule has 0 aliphatic heterocycles. The fourth-order valence-electron chi connectivity index (χ4n) is 2.72. The van der Waals surface area contributed by atoms with Crippen LogP contribution in [0.15, 0.2) is 40.1 Å². The van der Waals surface area contributed by atoms with Crippen molar-refractivity contribution in [1.29, 1.82) is 0 Å². The molecule has 0 spiro atoms. The van der Waals surface area contributed by atoms with Crippen molar-refractivity contribution >= 4 is 106 Å². The lowest BCUT2D eigenvalue weighted by Gasteiger charge is -2.23. The zero-order chi connectivity index (χ0) is 22.4. The van der Waals surface area contributed by atoms with Gasteiger partial charge in [-0.25, -0.2) is 8.78 Å². The molecular formula is C16H6Cl5F5OS3. The average Bonchev–Trinajstić information content (AvgIpc) is 2.59. The third-order valence-corrected chi connectivity index (χ3v) is 8.35. The molecule has 0 unspecified atom stereocenters. The van der Waals surface area contributed by atoms with Crippen LogP contribution in [0.1, 0.15) is 0 Å². The topological polar surface area (TPSA) is 9.23 Å². The predicted octanol–water partition coefficient (Wildman–Crippen LogP) is 10.3. The van der Waals surface area contributed by atoms with Crippen LogP contribution in [0.2, 0.25) is 0 Å². The van der Waals surface area contributed by atoms with E-state index in [1.54, 1.807) is 0 Å². The minimum absolute atomic E-state index is 0.0878. The van der Waals surface area contributed by atoms with Gasteiger partial charge in [0.1, 0.15) is 17.4 Å². The molecule has 0 aliphatic rings. The molecule has 0 radical (unpaired) electrons. The first-order valence-corrected chi connectivity index (χ1v) is 14.6. The molecule has 3 rings (SSSR count). The van der Waals surface area contributed by atoms with E-state index >= 15 is 8.78 Å². The monoisotopic (exact) mass is 580 g/mol. The summed E-state index contributed by atoms with van der Waals surface area (Å²) >= 11 is 10.5. The summed E-state index contributed by atoms with van der Waals surface area (Å²) in [6.07, 6.45) is 0. The van der Waals surface area contributed by atoms with Crippen molar-refractivity contribution in [2.45, 2.75) is 20.3 Å². The van der Waals surface area contributed by atoms with E-state index in [4.69, 9.17) is 60.0 Å². The Bertz CT molecular complexity index is 1120. The molecule has 3 aromatic rings. The maximum absolute atomic E-state index is 15.4. The number of halogens is 10. The molecule has 0 saturated carbocycles. The Labute approximate surface area is 199 Å². The highest BCUT2D eigenvalue weighted by atomic mass is 36.2. The lowest BCUT2D eigenvalue weighted by molar-refractivity contribution is -0.0329. The van der Waals surface area contributed by atoms with Crippen LogP contribution in [0.5, 0.6) is 5.75 Å². The highest BCUT2D eigenvalue weighted by Crippen LogP contribution is 2.76. The molecule has 0 amide bonds. The molecule has 3 aromatic carbocycles. The fraction of sp³-hybridized carbons (Fsp3) is 0.125. The second-order valence-electron chi connectivity index (χ2n) is 5.50. The zero-order valence-corrected chi connectivity index (χ0v) is 20.1. The van der Waals surface area contributed by atoms with Gasteiger partial charge in [-0.1, -0.05) is 47.5 Å². The predicted molar refractivity (Wildman–Crippen MR) is 120 cm³/mol. The molecule has 0 aliphatic carbocycles. The van der Waals surface area contributed by atoms with Gasteiger partial charge in [0, 0.05) is 26.4 Å². The first-order valence-electron chi connectivity index (χ1n) is 7.47. The largest absolute Gasteiger partial charge is 0.459 e. The Balaban J connectivity index is 2.52. The number of alkyl halides is 5. The zero-order valence-electron chi connectivity index (χ0n) is 13.9. The van der Waals surface area contributed by atoms with E-state index in [0.29, 0.717) is 10.8 Å². The van der Waals surface area contributed by atoms with Crippen molar-refractivity contribution in [3.8, 4) is 5.75 Å². The second-order valence-corrected chi connectivity index (χ2v) is 18.1. The lowest BCUT2D eigenvalue weighted by atomic mass is 10.0. The molecule has 0 saturated heterocycles. The van der Waals surface area contributed by atoms with E-state index in [0.717, 1.165) is 6.07 Å². The van der Waals surface area contributed by atoms with E-state index in [2.05, 4.69) is 0 Å². The summed E-state index contributed by atoms with van der Waals surface area (Å²) in [5.41, 5.74) is -4.83. The third kappa shape index (κ3) is 5.54. The summed E-state index contributed by atoms with van der Waals surface area (Å²) in [7, 11) is 17.9. The van der Waals surface area contributed by atoms with Gasteiger partial charge in [-0.15, -0.1) is 0 Å². The van der Waals surface area contributed by atoms with Gasteiger partial charge in [-0.2, -0.15) is 13.2 Å². The first-order chi connectivity index (χ1) is 13.8. The van der Waals surface area contributed by atoms with Crippen molar-refractivity contribution < 1.29 is 26.7 Å². The van der Waals surface area contributed by atoms with Gasteiger partial charge in [0.05, 0.1) is 11.6 Å². The van der Waals surface area contributed by atoms with Gasteiger partial charge in [0.15, 0.2) is 0 Å². The Hall–Kier alpha value is 0.130. The number of rotatable bonds is 5. The van der Waals surface area contributed by atoms with E-state index in [9.17, 15) is 13.2 Å². The highest BCUT2D eigenvalue weighted by Gasteiger charge is 2.36. The van der Waals surface area contributed by atoms with Crippen molar-refractivity contribution in [2.75, 3.05) is 0 Å². The van der Waals surface area contributed by atoms with Crippen molar-refractivity contribution in [3.05, 3.63) is 42.0 Å². The summed E-state index contributed by atoms with van der Waals surface area (Å²) in [6, 6.07) is 6.45. The molecule has 14 heteroatoms. The van der Waals surface area contributed by atoms with Crippen LogP contribution < -0.4 is 4.74 Å². The Morgan fingerprint density at radius 3 is 1.97 bits per heavy atom. The van der Waals surface area contributed by atoms with Gasteiger partial charge < -0.3 is 4.74 Å². The molecule has 0 bridgehead atoms. The maximum Gasteiger partial charge on any atom is 0.446 e. The van der Waals surface area contributed by atoms with Crippen LogP contribution in [0.3, 0.4) is 0 Å². The van der Waals surface area contributed by atoms with Crippen LogP contribution in [0.4, 0.5) is 22.0 Å². The smallest absolute Gasteiger partial charge is 0.446 e. The van der Waals surface area contributed by atoms with E-state index in [-0.39, 0.29) is 16.2 Å². The Kier molecular flexibility index (Phi) is 7.57. The van der Waals surface area contributed by atoms with Crippen molar-refractivity contribution in [3.63, 3.8) is 0 Å². The molecule has 0 N–H and O–H groups in total. The molecule has 0 atom stereocenters. The minimum Gasteiger partial charge on any atom is -0.459 e. The minimum atomic E-state index is -4.83. The van der Waals surface area contributed by atoms with E-state index < -0.39 is 61.6 Å². The molecule has 30 heavy (non-hydrogen) atoms. The van der Waals surface area contributed by atoms with Crippen LogP contribution in [-0.2, 0) is 0 Å². The normalized spacial score (nSPS) is 13.4. The van der Waals surface area contributed by atoms with Crippen LogP contribution >= 0.6 is 84.5 Å². The van der Waals surface area contributed by atoms with E-state index in [1.807, 2.05) is 0 Å². The summed E-state index contributed by atoms with van der Waals surface area (Å²) in [6.45, 7) is -3.13. The molecule has 164 valence electrons. The Morgan fingerprint density at radius 1 is 0.900 bits per heavy atom. The Morgan fingerprint density at radius 2 is 1.47 bits per heavy atom. The summed E-state index contributed by atoms with van der Waals surface area (Å²) in [4.78, 5) is -1.10. The first kappa shape index (κ1) is 24.8. The van der Waals surface area contributed by atoms with Gasteiger partial charge in [-0.3, -0.25) is 0 Å². The fourth-order valence-corrected chi connectivity index (χ4v) is 7.37.